The number of ketones is 1. The molecule has 7 amide bonds. The van der Waals surface area contributed by atoms with Gasteiger partial charge in [-0.2, -0.15) is 0 Å². The lowest BCUT2D eigenvalue weighted by molar-refractivity contribution is -0.140. The van der Waals surface area contributed by atoms with Crippen LogP contribution in [0.5, 0.6) is 0 Å². The molecule has 0 aliphatic carbocycles. The van der Waals surface area contributed by atoms with E-state index in [4.69, 9.17) is 24.0 Å². The molecule has 5 atom stereocenters. The average molecular weight is 1600 g/mol. The number of hydrogen-bond acceptors (Lipinski definition) is 19. The molecule has 5 heterocycles. The van der Waals surface area contributed by atoms with Gasteiger partial charge in [-0.05, 0) is 49.1 Å². The summed E-state index contributed by atoms with van der Waals surface area (Å²) in [4.78, 5) is 109. The fourth-order valence-corrected chi connectivity index (χ4v) is 10.4. The number of alkyl carbamates (subject to hydrolysis) is 1. The van der Waals surface area contributed by atoms with Crippen LogP contribution in [0, 0.1) is 5.92 Å². The molecule has 4 aromatic heterocycles. The van der Waals surface area contributed by atoms with Gasteiger partial charge in [0.25, 0.3) is 0 Å². The van der Waals surface area contributed by atoms with Crippen LogP contribution in [0.3, 0.4) is 0 Å². The van der Waals surface area contributed by atoms with Crippen molar-refractivity contribution in [3.8, 4) is 0 Å². The average Bonchev–Trinajstić information content (AvgIpc) is 4.49. The lowest BCUT2D eigenvalue weighted by Gasteiger charge is -2.25. The largest absolute Gasteiger partial charge is 0.480 e. The quantitative estimate of drug-likeness (QED) is 0.0144. The fourth-order valence-electron chi connectivity index (χ4n) is 7.98. The molecule has 0 spiro atoms. The number of thiazole rings is 4. The van der Waals surface area contributed by atoms with Gasteiger partial charge < -0.3 is 65.1 Å². The molecule has 1 fully saturated rings. The van der Waals surface area contributed by atoms with E-state index in [2.05, 4.69) is 86.6 Å². The number of cyclic esters (lactones) is 1. The van der Waals surface area contributed by atoms with Crippen LogP contribution in [-0.4, -0.2) is 165 Å². The summed E-state index contributed by atoms with van der Waals surface area (Å²) in [6, 6.07) is 16.1. The van der Waals surface area contributed by atoms with E-state index in [-0.39, 0.29) is 98.8 Å². The number of hydrogen-bond donors (Lipinski definition) is 7. The number of carbonyl (C=O) groups is 7. The number of aliphatic hydroxyl groups is 2. The van der Waals surface area contributed by atoms with E-state index in [9.17, 15) is 38.7 Å². The Balaban J connectivity index is 0.000000515. The molecule has 1 saturated heterocycles. The number of carboxylic acids is 1. The second-order valence-electron chi connectivity index (χ2n) is 18.7. The first-order chi connectivity index (χ1) is 41.1. The summed E-state index contributed by atoms with van der Waals surface area (Å²) in [5, 5.41) is 38.1. The highest BCUT2D eigenvalue weighted by Crippen LogP contribution is 2.23. The molecule has 7 N–H and O–H groups in total. The highest BCUT2D eigenvalue weighted by atomic mass is 128. The van der Waals surface area contributed by atoms with Gasteiger partial charge in [-0.15, -0.1) is 69.3 Å². The van der Waals surface area contributed by atoms with Crippen LogP contribution in [0.1, 0.15) is 69.2 Å². The minimum atomic E-state index is -1.16. The predicted molar refractivity (Wildman–Crippen MR) is 356 cm³/mol. The number of rotatable bonds is 27. The molecule has 32 heteroatoms. The van der Waals surface area contributed by atoms with Crippen molar-refractivity contribution in [1.29, 1.82) is 0 Å². The van der Waals surface area contributed by atoms with Crippen molar-refractivity contribution in [2.24, 2.45) is 5.92 Å². The minimum Gasteiger partial charge on any atom is -0.480 e. The third kappa shape index (κ3) is 30.6. The smallest absolute Gasteiger partial charge is 0.407 e. The number of benzene rings is 2. The van der Waals surface area contributed by atoms with Crippen LogP contribution in [0.25, 0.3) is 0 Å². The number of ether oxygens (including phenoxy) is 2. The Morgan fingerprint density at radius 2 is 1.10 bits per heavy atom. The SMILES string of the molecule is CN(Cc1cncs1)C(=O)N[C@@H](CCO)C(=O)C[C@H](CC[C@H](Cc1ccccc1)NC(=O)OCc1cncs1)Cc1ccccc1.CN(Cc1cncs1)C(=O)N[C@@H](CCO)C(=O)O.CN(Cc1cncs1)C(=O)N[C@H]1CCOC1=O.I.II.[B]F. The second kappa shape index (κ2) is 45.1. The molecule has 86 heavy (non-hydrogen) atoms. The second-order valence-corrected chi connectivity index (χ2v) is 22.6. The van der Waals surface area contributed by atoms with Crippen molar-refractivity contribution in [2.45, 2.75) is 102 Å². The van der Waals surface area contributed by atoms with Crippen molar-refractivity contribution in [3.63, 3.8) is 0 Å². The normalized spacial score (nSPS) is 13.3. The Labute approximate surface area is 556 Å². The summed E-state index contributed by atoms with van der Waals surface area (Å²) < 4.78 is 19.2. The predicted octanol–water partition coefficient (Wildman–Crippen LogP) is 8.78. The maximum Gasteiger partial charge on any atom is 0.407 e. The number of carbonyl (C=O) groups excluding carboxylic acids is 6. The van der Waals surface area contributed by atoms with E-state index < -0.39 is 36.2 Å². The topological polar surface area (TPSA) is 308 Å². The maximum atomic E-state index is 13.7. The molecule has 0 unspecified atom stereocenters. The summed E-state index contributed by atoms with van der Waals surface area (Å²) in [6.07, 6.45) is 9.65. The highest BCUT2D eigenvalue weighted by Gasteiger charge is 2.30. The van der Waals surface area contributed by atoms with Gasteiger partial charge in [0.1, 0.15) is 18.7 Å². The number of amides is 7. The van der Waals surface area contributed by atoms with Gasteiger partial charge in [-0.1, -0.05) is 60.7 Å². The number of aliphatic hydroxyl groups excluding tert-OH is 2. The number of Topliss-reactive ketones (excluding diaryl/α,β-unsaturated/α-hetero) is 1. The van der Waals surface area contributed by atoms with E-state index in [0.717, 1.165) is 30.6 Å². The Bertz CT molecular complexity index is 2820. The molecule has 7 rings (SSSR count). The zero-order chi connectivity index (χ0) is 62.4. The number of esters is 1. The molecule has 0 saturated carbocycles. The van der Waals surface area contributed by atoms with Crippen LogP contribution >= 0.6 is 107 Å². The molecule has 468 valence electrons. The summed E-state index contributed by atoms with van der Waals surface area (Å²) in [5.41, 5.74) is 8.96. The number of nitrogens with one attached hydrogen (secondary N) is 4. The van der Waals surface area contributed by atoms with Gasteiger partial charge in [0.15, 0.2) is 5.78 Å². The van der Waals surface area contributed by atoms with Crippen LogP contribution in [-0.2, 0) is 62.9 Å². The third-order valence-electron chi connectivity index (χ3n) is 12.3. The standard InChI is InChI=1S/C34H41N5O5S2.C10H15N3O4S.C10H13N3O3S.BF.I2.HI/c1-39(21-29-19-35-23-45-29)33(42)38-31(14-15-40)32(41)18-27(16-25-8-4-2-5-9-25)12-13-28(17-26-10-6-3-7-11-26)37-34(43)44-22-30-20-36-24-46-30;1-13(5-7-4-11-6-18-7)10(17)12-8(2-3-14)9(15)16;1-13(5-7-4-11-6-17-7)10(15)12-8-2-3-16-9(8)14;2*1-2;/h2-11,19-20,23-24,27-28,31,40H,12-18,21-22H2,1H3,(H,37,43)(H,38,42);4,6,8,14H,2-3,5H2,1H3,(H,12,17)(H,15,16);4,6,8H,2-3,5H2,1H3,(H,12,15);;;1H/t27-,28-,31+;2*8-;;;/m100.../s1. The van der Waals surface area contributed by atoms with Gasteiger partial charge in [-0.25, -0.2) is 28.8 Å². The van der Waals surface area contributed by atoms with E-state index >= 15 is 0 Å². The Morgan fingerprint density at radius 1 is 0.663 bits per heavy atom. The van der Waals surface area contributed by atoms with Crippen molar-refractivity contribution < 1.29 is 62.7 Å². The van der Waals surface area contributed by atoms with Gasteiger partial charge in [0.05, 0.1) is 59.2 Å². The molecule has 0 bridgehead atoms. The van der Waals surface area contributed by atoms with Gasteiger partial charge in [-0.3, -0.25) is 24.7 Å². The summed E-state index contributed by atoms with van der Waals surface area (Å²) in [5.74, 6) is -1.71. The lowest BCUT2D eigenvalue weighted by atomic mass is 9.86. The molecule has 23 nitrogen and oxygen atoms in total. The van der Waals surface area contributed by atoms with E-state index in [1.54, 1.807) is 68.0 Å². The Hall–Kier alpha value is -5.25. The van der Waals surface area contributed by atoms with Crippen LogP contribution < -0.4 is 21.3 Å². The highest BCUT2D eigenvalue weighted by molar-refractivity contribution is 15.0. The molecule has 1 aliphatic rings. The number of halogens is 4. The maximum absolute atomic E-state index is 13.7. The van der Waals surface area contributed by atoms with Crippen molar-refractivity contribution >= 4 is 157 Å². The summed E-state index contributed by atoms with van der Waals surface area (Å²) >= 11 is 10.0. The first kappa shape index (κ1) is 76.9. The summed E-state index contributed by atoms with van der Waals surface area (Å²) in [7, 11) is 7.90. The van der Waals surface area contributed by atoms with E-state index in [1.807, 2.05) is 60.7 Å². The number of aromatic nitrogens is 4. The Kier molecular flexibility index (Phi) is 40.3. The van der Waals surface area contributed by atoms with Gasteiger partial charge in [0, 0.05) is 136 Å². The molecule has 6 aromatic rings. The van der Waals surface area contributed by atoms with E-state index in [0.29, 0.717) is 58.3 Å². The van der Waals surface area contributed by atoms with Gasteiger partial charge in [0.2, 0.25) is 0 Å². The summed E-state index contributed by atoms with van der Waals surface area (Å²) in [6.45, 7) is 1.22. The molecular weight excluding hydrogens is 1530 g/mol. The first-order valence-corrected chi connectivity index (χ1v) is 36.0. The lowest BCUT2D eigenvalue weighted by Crippen LogP contribution is -2.47. The minimum absolute atomic E-state index is 0. The number of aliphatic carboxylic acids is 1. The van der Waals surface area contributed by atoms with Crippen LogP contribution in [0.2, 0.25) is 0 Å². The monoisotopic (exact) mass is 1600 g/mol. The van der Waals surface area contributed by atoms with Crippen molar-refractivity contribution in [2.75, 3.05) is 41.0 Å². The third-order valence-corrected chi connectivity index (χ3v) is 15.3. The van der Waals surface area contributed by atoms with E-state index in [1.165, 1.54) is 60.0 Å². The molecule has 1 aliphatic heterocycles. The Morgan fingerprint density at radius 3 is 1.53 bits per heavy atom. The number of nitrogens with zero attached hydrogens (tertiary/aromatic N) is 7. The molecule has 2 radical (unpaired) electrons. The van der Waals surface area contributed by atoms with Crippen molar-refractivity contribution in [3.05, 3.63) is 138 Å². The fraction of sp³-hybridized carbons (Fsp3) is 0.426. The molecular formula is C54H70BFI3N11O12S4. The number of carboxylic acid groups (broad SMARTS) is 1. The zero-order valence-corrected chi connectivity index (χ0v) is 57.2. The first-order valence-electron chi connectivity index (χ1n) is 26.2. The van der Waals surface area contributed by atoms with Crippen LogP contribution in [0.15, 0.2) is 107 Å². The molecule has 2 aromatic carbocycles. The van der Waals surface area contributed by atoms with Crippen LogP contribution in [0.4, 0.5) is 23.5 Å². The number of urea groups is 3. The van der Waals surface area contributed by atoms with Crippen molar-refractivity contribution in [1.82, 2.24) is 55.9 Å². The zero-order valence-electron chi connectivity index (χ0n) is 47.3. The van der Waals surface area contributed by atoms with Gasteiger partial charge >= 0.3 is 44.2 Å².